The number of hydrogen-bond donors (Lipinski definition) is 1. The number of rotatable bonds is 1. The lowest BCUT2D eigenvalue weighted by atomic mass is 10.1. The van der Waals surface area contributed by atoms with Crippen molar-refractivity contribution in [1.82, 2.24) is 15.0 Å². The van der Waals surface area contributed by atoms with Gasteiger partial charge in [-0.15, -0.1) is 0 Å². The van der Waals surface area contributed by atoms with Crippen LogP contribution in [-0.4, -0.2) is 15.0 Å². The Morgan fingerprint density at radius 2 is 1.90 bits per heavy atom. The van der Waals surface area contributed by atoms with Gasteiger partial charge in [0.15, 0.2) is 5.82 Å². The zero-order chi connectivity index (χ0) is 14.3. The molecule has 2 aromatic heterocycles. The van der Waals surface area contributed by atoms with E-state index in [-0.39, 0.29) is 11.5 Å². The third-order valence-electron chi connectivity index (χ3n) is 3.19. The summed E-state index contributed by atoms with van der Waals surface area (Å²) in [6.45, 7) is 3.42. The molecule has 0 fully saturated rings. The van der Waals surface area contributed by atoms with E-state index in [1.165, 1.54) is 6.92 Å². The summed E-state index contributed by atoms with van der Waals surface area (Å²) in [6, 6.07) is 9.54. The quantitative estimate of drug-likeness (QED) is 0.739. The molecular formula is C15H12FN3O. The molecule has 0 aliphatic rings. The summed E-state index contributed by atoms with van der Waals surface area (Å²) >= 11 is 0. The Morgan fingerprint density at radius 3 is 2.65 bits per heavy atom. The Hall–Kier alpha value is -2.56. The Bertz CT molecular complexity index is 871. The van der Waals surface area contributed by atoms with Gasteiger partial charge in [-0.1, -0.05) is 18.2 Å². The molecule has 0 saturated carbocycles. The minimum atomic E-state index is -0.855. The fourth-order valence-corrected chi connectivity index (χ4v) is 2.16. The van der Waals surface area contributed by atoms with E-state index in [0.717, 1.165) is 16.5 Å². The van der Waals surface area contributed by atoms with Crippen LogP contribution in [0.3, 0.4) is 0 Å². The number of aromatic nitrogens is 3. The molecule has 0 aliphatic carbocycles. The van der Waals surface area contributed by atoms with Gasteiger partial charge in [0.2, 0.25) is 5.82 Å². The number of para-hydroxylation sites is 1. The van der Waals surface area contributed by atoms with E-state index >= 15 is 0 Å². The summed E-state index contributed by atoms with van der Waals surface area (Å²) in [7, 11) is 0. The van der Waals surface area contributed by atoms with Gasteiger partial charge in [-0.2, -0.15) is 4.39 Å². The first-order chi connectivity index (χ1) is 9.56. The highest BCUT2D eigenvalue weighted by Gasteiger charge is 2.11. The summed E-state index contributed by atoms with van der Waals surface area (Å²) in [4.78, 5) is 22.4. The number of fused-ring (bicyclic) bond motifs is 1. The van der Waals surface area contributed by atoms with E-state index in [0.29, 0.717) is 5.69 Å². The van der Waals surface area contributed by atoms with Crippen molar-refractivity contribution in [2.24, 2.45) is 0 Å². The van der Waals surface area contributed by atoms with E-state index in [1.54, 1.807) is 0 Å². The van der Waals surface area contributed by atoms with Crippen molar-refractivity contribution in [2.75, 3.05) is 0 Å². The van der Waals surface area contributed by atoms with Crippen LogP contribution in [0.25, 0.3) is 22.4 Å². The largest absolute Gasteiger partial charge is 0.303 e. The third kappa shape index (κ3) is 1.97. The van der Waals surface area contributed by atoms with Gasteiger partial charge in [0.25, 0.3) is 5.56 Å². The summed E-state index contributed by atoms with van der Waals surface area (Å²) in [5.74, 6) is -0.575. The summed E-state index contributed by atoms with van der Waals surface area (Å²) in [5, 5.41) is 1.04. The Kier molecular flexibility index (Phi) is 2.82. The number of hydrogen-bond acceptors (Lipinski definition) is 3. The molecule has 5 heteroatoms. The van der Waals surface area contributed by atoms with Gasteiger partial charge >= 0.3 is 0 Å². The molecule has 2 heterocycles. The molecule has 0 saturated heterocycles. The molecule has 3 rings (SSSR count). The number of aryl methyl sites for hydroxylation is 2. The Labute approximate surface area is 114 Å². The first kappa shape index (κ1) is 12.5. The van der Waals surface area contributed by atoms with E-state index in [9.17, 15) is 9.18 Å². The van der Waals surface area contributed by atoms with E-state index in [1.807, 2.05) is 37.3 Å². The Morgan fingerprint density at radius 1 is 1.15 bits per heavy atom. The summed E-state index contributed by atoms with van der Waals surface area (Å²) in [5.41, 5.74) is 1.65. The standard InChI is InChI=1S/C15H12FN3O/c1-8-7-12(18-11-6-4-3-5-10(8)11)14-17-9(2)13(16)15(20)19-14/h3-7H,1-2H3,(H,17,19,20). The second-order valence-electron chi connectivity index (χ2n) is 4.66. The molecule has 0 atom stereocenters. The summed E-state index contributed by atoms with van der Waals surface area (Å²) in [6.07, 6.45) is 0. The number of halogens is 1. The molecule has 1 N–H and O–H groups in total. The van der Waals surface area contributed by atoms with Crippen molar-refractivity contribution < 1.29 is 4.39 Å². The molecule has 20 heavy (non-hydrogen) atoms. The molecule has 4 nitrogen and oxygen atoms in total. The van der Waals surface area contributed by atoms with Crippen molar-refractivity contribution in [3.05, 3.63) is 57.8 Å². The fraction of sp³-hybridized carbons (Fsp3) is 0.133. The van der Waals surface area contributed by atoms with Crippen LogP contribution in [-0.2, 0) is 0 Å². The third-order valence-corrected chi connectivity index (χ3v) is 3.19. The molecule has 0 unspecified atom stereocenters. The fourth-order valence-electron chi connectivity index (χ4n) is 2.16. The van der Waals surface area contributed by atoms with Gasteiger partial charge in [-0.25, -0.2) is 9.97 Å². The van der Waals surface area contributed by atoms with Gasteiger partial charge in [-0.05, 0) is 31.5 Å². The van der Waals surface area contributed by atoms with Crippen LogP contribution in [0.4, 0.5) is 4.39 Å². The van der Waals surface area contributed by atoms with Crippen molar-refractivity contribution >= 4 is 10.9 Å². The monoisotopic (exact) mass is 269 g/mol. The maximum atomic E-state index is 13.3. The number of benzene rings is 1. The highest BCUT2D eigenvalue weighted by Crippen LogP contribution is 2.21. The predicted molar refractivity (Wildman–Crippen MR) is 75.0 cm³/mol. The van der Waals surface area contributed by atoms with Gasteiger partial charge in [0, 0.05) is 5.39 Å². The SMILES string of the molecule is Cc1nc(-c2cc(C)c3ccccc3n2)[nH]c(=O)c1F. The number of nitrogens with zero attached hydrogens (tertiary/aromatic N) is 2. The molecule has 1 aromatic carbocycles. The van der Waals surface area contributed by atoms with Crippen LogP contribution in [0.2, 0.25) is 0 Å². The lowest BCUT2D eigenvalue weighted by Crippen LogP contribution is -2.15. The lowest BCUT2D eigenvalue weighted by Gasteiger charge is -2.06. The number of nitrogens with one attached hydrogen (secondary N) is 1. The zero-order valence-corrected chi connectivity index (χ0v) is 11.1. The Balaban J connectivity index is 2.27. The number of aromatic amines is 1. The molecule has 100 valence electrons. The molecule has 0 aliphatic heterocycles. The van der Waals surface area contributed by atoms with Crippen LogP contribution in [0, 0.1) is 19.7 Å². The topological polar surface area (TPSA) is 58.6 Å². The molecular weight excluding hydrogens is 257 g/mol. The number of pyridine rings is 1. The van der Waals surface area contributed by atoms with Crippen molar-refractivity contribution in [3.8, 4) is 11.5 Å². The highest BCUT2D eigenvalue weighted by atomic mass is 19.1. The van der Waals surface area contributed by atoms with Gasteiger partial charge < -0.3 is 4.98 Å². The van der Waals surface area contributed by atoms with Gasteiger partial charge in [0.1, 0.15) is 5.69 Å². The van der Waals surface area contributed by atoms with Crippen molar-refractivity contribution in [1.29, 1.82) is 0 Å². The van der Waals surface area contributed by atoms with Crippen LogP contribution in [0.5, 0.6) is 0 Å². The van der Waals surface area contributed by atoms with Gasteiger partial charge in [0.05, 0.1) is 11.2 Å². The first-order valence-corrected chi connectivity index (χ1v) is 6.19. The second kappa shape index (κ2) is 4.52. The molecule has 0 radical (unpaired) electrons. The predicted octanol–water partition coefficient (Wildman–Crippen LogP) is 2.74. The molecule has 0 spiro atoms. The highest BCUT2D eigenvalue weighted by molar-refractivity contribution is 5.84. The summed E-state index contributed by atoms with van der Waals surface area (Å²) < 4.78 is 13.3. The lowest BCUT2D eigenvalue weighted by molar-refractivity contribution is 0.589. The minimum Gasteiger partial charge on any atom is -0.303 e. The average Bonchev–Trinajstić information content (AvgIpc) is 2.44. The van der Waals surface area contributed by atoms with E-state index < -0.39 is 11.4 Å². The van der Waals surface area contributed by atoms with Crippen LogP contribution in [0.15, 0.2) is 35.1 Å². The maximum Gasteiger partial charge on any atom is 0.287 e. The first-order valence-electron chi connectivity index (χ1n) is 6.19. The zero-order valence-electron chi connectivity index (χ0n) is 11.1. The van der Waals surface area contributed by atoms with Crippen LogP contribution < -0.4 is 5.56 Å². The normalized spacial score (nSPS) is 10.9. The molecule has 3 aromatic rings. The molecule has 0 amide bonds. The minimum absolute atomic E-state index is 0.0661. The second-order valence-corrected chi connectivity index (χ2v) is 4.66. The number of H-pyrrole nitrogens is 1. The van der Waals surface area contributed by atoms with E-state index in [4.69, 9.17) is 0 Å². The van der Waals surface area contributed by atoms with Crippen molar-refractivity contribution in [2.45, 2.75) is 13.8 Å². The van der Waals surface area contributed by atoms with Crippen molar-refractivity contribution in [3.63, 3.8) is 0 Å². The van der Waals surface area contributed by atoms with Crippen LogP contribution >= 0.6 is 0 Å². The smallest absolute Gasteiger partial charge is 0.287 e. The maximum absolute atomic E-state index is 13.3. The van der Waals surface area contributed by atoms with Crippen LogP contribution in [0.1, 0.15) is 11.3 Å². The van der Waals surface area contributed by atoms with Gasteiger partial charge in [-0.3, -0.25) is 4.79 Å². The molecule has 0 bridgehead atoms. The van der Waals surface area contributed by atoms with E-state index in [2.05, 4.69) is 15.0 Å². The average molecular weight is 269 g/mol.